The van der Waals surface area contributed by atoms with Crippen LogP contribution in [0.3, 0.4) is 0 Å². The van der Waals surface area contributed by atoms with Crippen molar-refractivity contribution in [3.05, 3.63) is 35.5 Å². The lowest BCUT2D eigenvalue weighted by atomic mass is 10.1. The predicted molar refractivity (Wildman–Crippen MR) is 87.2 cm³/mol. The third-order valence-corrected chi connectivity index (χ3v) is 4.11. The van der Waals surface area contributed by atoms with E-state index < -0.39 is 11.7 Å². The van der Waals surface area contributed by atoms with E-state index in [9.17, 15) is 13.2 Å². The van der Waals surface area contributed by atoms with Crippen LogP contribution in [0.1, 0.15) is 11.3 Å². The molecule has 0 amide bonds. The number of morpholine rings is 1. The summed E-state index contributed by atoms with van der Waals surface area (Å²) in [5.41, 5.74) is 1.20. The number of rotatable bonds is 4. The van der Waals surface area contributed by atoms with Gasteiger partial charge in [-0.25, -0.2) is 0 Å². The highest BCUT2D eigenvalue weighted by molar-refractivity contribution is 5.92. The van der Waals surface area contributed by atoms with E-state index in [0.29, 0.717) is 16.6 Å². The summed E-state index contributed by atoms with van der Waals surface area (Å²) in [5.74, 6) is 0. The molecule has 0 spiro atoms. The Labute approximate surface area is 138 Å². The van der Waals surface area contributed by atoms with Crippen molar-refractivity contribution in [1.29, 1.82) is 0 Å². The quantitative estimate of drug-likeness (QED) is 0.927. The molecule has 2 aromatic rings. The molecule has 1 aliphatic heterocycles. The molecule has 2 heterocycles. The molecule has 0 bridgehead atoms. The topological polar surface area (TPSA) is 37.4 Å². The largest absolute Gasteiger partial charge is 0.416 e. The van der Waals surface area contributed by atoms with Crippen LogP contribution in [0.25, 0.3) is 10.9 Å². The van der Waals surface area contributed by atoms with E-state index in [1.165, 1.54) is 6.07 Å². The van der Waals surface area contributed by atoms with E-state index >= 15 is 0 Å². The Morgan fingerprint density at radius 3 is 2.67 bits per heavy atom. The second-order valence-corrected chi connectivity index (χ2v) is 5.92. The number of hydrogen-bond donors (Lipinski definition) is 1. The lowest BCUT2D eigenvalue weighted by Crippen LogP contribution is -2.39. The lowest BCUT2D eigenvalue weighted by molar-refractivity contribution is -0.137. The minimum Gasteiger partial charge on any atom is -0.383 e. The van der Waals surface area contributed by atoms with Crippen LogP contribution in [0.5, 0.6) is 0 Å². The predicted octanol–water partition coefficient (Wildman–Crippen LogP) is 3.31. The zero-order chi connectivity index (χ0) is 17.2. The second-order valence-electron chi connectivity index (χ2n) is 5.92. The van der Waals surface area contributed by atoms with Crippen LogP contribution in [0.4, 0.5) is 18.9 Å². The summed E-state index contributed by atoms with van der Waals surface area (Å²) in [5, 5.41) is 4.03. The molecule has 7 heteroatoms. The Hall–Kier alpha value is -1.86. The van der Waals surface area contributed by atoms with Gasteiger partial charge in [-0.1, -0.05) is 6.07 Å². The fraction of sp³-hybridized carbons (Fsp3) is 0.471. The van der Waals surface area contributed by atoms with Crippen molar-refractivity contribution in [1.82, 2.24) is 9.88 Å². The average Bonchev–Trinajstić information content (AvgIpc) is 2.54. The normalized spacial score (nSPS) is 16.5. The van der Waals surface area contributed by atoms with E-state index in [1.807, 2.05) is 6.07 Å². The maximum absolute atomic E-state index is 12.9. The maximum atomic E-state index is 12.9. The first-order chi connectivity index (χ1) is 11.4. The summed E-state index contributed by atoms with van der Waals surface area (Å²) in [6, 6.07) is 5.57. The first-order valence-corrected chi connectivity index (χ1v) is 7.96. The molecule has 24 heavy (non-hydrogen) atoms. The van der Waals surface area contributed by atoms with Crippen LogP contribution in [0.2, 0.25) is 0 Å². The van der Waals surface area contributed by atoms with Crippen molar-refractivity contribution in [2.75, 3.05) is 44.7 Å². The number of hydrogen-bond acceptors (Lipinski definition) is 4. The molecule has 0 atom stereocenters. The van der Waals surface area contributed by atoms with Crippen LogP contribution < -0.4 is 5.32 Å². The number of aryl methyl sites for hydroxylation is 1. The molecular formula is C17H20F3N3O. The van der Waals surface area contributed by atoms with E-state index in [2.05, 4.69) is 15.2 Å². The average molecular weight is 339 g/mol. The van der Waals surface area contributed by atoms with Crippen LogP contribution in [0, 0.1) is 6.92 Å². The fourth-order valence-electron chi connectivity index (χ4n) is 2.86. The molecule has 0 saturated carbocycles. The van der Waals surface area contributed by atoms with Gasteiger partial charge in [0.25, 0.3) is 0 Å². The van der Waals surface area contributed by atoms with Gasteiger partial charge in [0.05, 0.1) is 24.3 Å². The number of fused-ring (bicyclic) bond motifs is 1. The first kappa shape index (κ1) is 17.0. The highest BCUT2D eigenvalue weighted by atomic mass is 19.4. The van der Waals surface area contributed by atoms with Gasteiger partial charge >= 0.3 is 6.18 Å². The third-order valence-electron chi connectivity index (χ3n) is 4.11. The third kappa shape index (κ3) is 3.96. The van der Waals surface area contributed by atoms with Gasteiger partial charge in [0.1, 0.15) is 0 Å². The van der Waals surface area contributed by atoms with E-state index in [-0.39, 0.29) is 0 Å². The smallest absolute Gasteiger partial charge is 0.383 e. The summed E-state index contributed by atoms with van der Waals surface area (Å²) in [6.07, 6.45) is -4.36. The van der Waals surface area contributed by atoms with Gasteiger partial charge in [-0.3, -0.25) is 9.88 Å². The Morgan fingerprint density at radius 1 is 1.21 bits per heavy atom. The minimum absolute atomic E-state index is 0.360. The van der Waals surface area contributed by atoms with Gasteiger partial charge in [-0.05, 0) is 25.1 Å². The molecule has 0 radical (unpaired) electrons. The summed E-state index contributed by atoms with van der Waals surface area (Å²) in [4.78, 5) is 6.54. The Kier molecular flexibility index (Phi) is 4.91. The van der Waals surface area contributed by atoms with Crippen LogP contribution in [0.15, 0.2) is 24.3 Å². The van der Waals surface area contributed by atoms with Gasteiger partial charge < -0.3 is 10.1 Å². The standard InChI is InChI=1S/C17H20F3N3O/c1-12-10-15(21-4-5-23-6-8-24-9-7-23)14-3-2-13(17(18,19)20)11-16(14)22-12/h2-3,10-11H,4-9H2,1H3,(H,21,22). The molecule has 0 unspecified atom stereocenters. The molecule has 3 rings (SSSR count). The molecule has 0 aliphatic carbocycles. The number of aromatic nitrogens is 1. The molecule has 1 aromatic heterocycles. The number of pyridine rings is 1. The fourth-order valence-corrected chi connectivity index (χ4v) is 2.86. The number of nitrogens with zero attached hydrogens (tertiary/aromatic N) is 2. The number of ether oxygens (including phenoxy) is 1. The minimum atomic E-state index is -4.36. The van der Waals surface area contributed by atoms with E-state index in [0.717, 1.165) is 57.2 Å². The van der Waals surface area contributed by atoms with Crippen LogP contribution in [-0.4, -0.2) is 49.3 Å². The SMILES string of the molecule is Cc1cc(NCCN2CCOCC2)c2ccc(C(F)(F)F)cc2n1. The summed E-state index contributed by atoms with van der Waals surface area (Å²) < 4.78 is 43.9. The van der Waals surface area contributed by atoms with E-state index in [4.69, 9.17) is 4.74 Å². The van der Waals surface area contributed by atoms with Crippen LogP contribution in [-0.2, 0) is 10.9 Å². The Bertz CT molecular complexity index is 712. The number of halogens is 3. The van der Waals surface area contributed by atoms with Gasteiger partial charge in [-0.2, -0.15) is 13.2 Å². The molecule has 1 aromatic carbocycles. The molecule has 130 valence electrons. The van der Waals surface area contributed by atoms with Crippen molar-refractivity contribution in [3.8, 4) is 0 Å². The van der Waals surface area contributed by atoms with Crippen molar-refractivity contribution in [2.24, 2.45) is 0 Å². The highest BCUT2D eigenvalue weighted by Gasteiger charge is 2.30. The zero-order valence-electron chi connectivity index (χ0n) is 13.5. The molecule has 1 fully saturated rings. The van der Waals surface area contributed by atoms with Gasteiger partial charge in [0, 0.05) is 42.9 Å². The number of alkyl halides is 3. The summed E-state index contributed by atoms with van der Waals surface area (Å²) >= 11 is 0. The summed E-state index contributed by atoms with van der Waals surface area (Å²) in [7, 11) is 0. The highest BCUT2D eigenvalue weighted by Crippen LogP contribution is 2.33. The van der Waals surface area contributed by atoms with Gasteiger partial charge in [0.2, 0.25) is 0 Å². The van der Waals surface area contributed by atoms with Crippen molar-refractivity contribution < 1.29 is 17.9 Å². The monoisotopic (exact) mass is 339 g/mol. The Morgan fingerprint density at radius 2 is 1.96 bits per heavy atom. The van der Waals surface area contributed by atoms with Crippen molar-refractivity contribution in [2.45, 2.75) is 13.1 Å². The van der Waals surface area contributed by atoms with Gasteiger partial charge in [0.15, 0.2) is 0 Å². The first-order valence-electron chi connectivity index (χ1n) is 7.96. The molecule has 1 N–H and O–H groups in total. The van der Waals surface area contributed by atoms with Gasteiger partial charge in [-0.15, -0.1) is 0 Å². The maximum Gasteiger partial charge on any atom is 0.416 e. The molecular weight excluding hydrogens is 319 g/mol. The number of benzene rings is 1. The van der Waals surface area contributed by atoms with Crippen molar-refractivity contribution >= 4 is 16.6 Å². The second kappa shape index (κ2) is 6.94. The van der Waals surface area contributed by atoms with Crippen molar-refractivity contribution in [3.63, 3.8) is 0 Å². The molecule has 4 nitrogen and oxygen atoms in total. The Balaban J connectivity index is 1.77. The summed E-state index contributed by atoms with van der Waals surface area (Å²) in [6.45, 7) is 6.69. The lowest BCUT2D eigenvalue weighted by Gasteiger charge is -2.26. The van der Waals surface area contributed by atoms with E-state index in [1.54, 1.807) is 6.92 Å². The number of nitrogens with one attached hydrogen (secondary N) is 1. The van der Waals surface area contributed by atoms with Crippen LogP contribution >= 0.6 is 0 Å². The molecule has 1 aliphatic rings. The zero-order valence-corrected chi connectivity index (χ0v) is 13.5. The number of anilines is 1. The molecule has 1 saturated heterocycles.